The zero-order valence-corrected chi connectivity index (χ0v) is 5.74. The van der Waals surface area contributed by atoms with Crippen LogP contribution >= 0.6 is 0 Å². The first-order chi connectivity index (χ1) is 3.95. The summed E-state index contributed by atoms with van der Waals surface area (Å²) in [6, 6.07) is 0. The molecular formula is C4H7FO3S. The third kappa shape index (κ3) is 5.42. The van der Waals surface area contributed by atoms with Crippen LogP contribution in [-0.4, -0.2) is 20.0 Å². The molecule has 0 saturated heterocycles. The van der Waals surface area contributed by atoms with Crippen LogP contribution in [0.3, 0.4) is 0 Å². The molecule has 0 aromatic heterocycles. The molecule has 0 rings (SSSR count). The molecule has 0 aromatic carbocycles. The lowest BCUT2D eigenvalue weighted by Crippen LogP contribution is -2.09. The van der Waals surface area contributed by atoms with Gasteiger partial charge in [0, 0.05) is 6.42 Å². The minimum absolute atomic E-state index is 0.0587. The van der Waals surface area contributed by atoms with Crippen molar-refractivity contribution in [3.63, 3.8) is 0 Å². The van der Waals surface area contributed by atoms with Gasteiger partial charge in [0.1, 0.15) is 11.5 Å². The number of rotatable bonds is 3. The molecule has 9 heavy (non-hydrogen) atoms. The Kier molecular flexibility index (Phi) is 2.76. The van der Waals surface area contributed by atoms with Crippen LogP contribution in [0.1, 0.15) is 13.3 Å². The van der Waals surface area contributed by atoms with Gasteiger partial charge in [0.05, 0.1) is 0 Å². The Hall–Kier alpha value is -0.450. The lowest BCUT2D eigenvalue weighted by molar-refractivity contribution is -0.116. The van der Waals surface area contributed by atoms with E-state index in [1.807, 2.05) is 0 Å². The largest absolute Gasteiger partial charge is 0.309 e. The molecule has 0 heterocycles. The van der Waals surface area contributed by atoms with Crippen molar-refractivity contribution in [2.75, 3.05) is 5.75 Å². The third-order valence-corrected chi connectivity index (χ3v) is 1.39. The second kappa shape index (κ2) is 2.91. The number of hydrogen-bond donors (Lipinski definition) is 0. The zero-order valence-electron chi connectivity index (χ0n) is 4.93. The summed E-state index contributed by atoms with van der Waals surface area (Å²) in [5.74, 6) is -1.58. The maximum Gasteiger partial charge on any atom is 0.309 e. The van der Waals surface area contributed by atoms with Crippen LogP contribution in [0.5, 0.6) is 0 Å². The highest BCUT2D eigenvalue weighted by Gasteiger charge is 2.11. The van der Waals surface area contributed by atoms with Gasteiger partial charge in [-0.1, -0.05) is 6.92 Å². The molecule has 0 N–H and O–H groups in total. The maximum atomic E-state index is 11.6. The fourth-order valence-corrected chi connectivity index (χ4v) is 0.883. The second-order valence-electron chi connectivity index (χ2n) is 1.58. The van der Waals surface area contributed by atoms with Gasteiger partial charge in [0.2, 0.25) is 0 Å². The van der Waals surface area contributed by atoms with Crippen molar-refractivity contribution < 1.29 is 17.1 Å². The van der Waals surface area contributed by atoms with Crippen molar-refractivity contribution in [1.29, 1.82) is 0 Å². The van der Waals surface area contributed by atoms with Gasteiger partial charge in [0.25, 0.3) is 0 Å². The summed E-state index contributed by atoms with van der Waals surface area (Å²) in [6.45, 7) is 1.48. The van der Waals surface area contributed by atoms with Crippen LogP contribution in [0.15, 0.2) is 0 Å². The summed E-state index contributed by atoms with van der Waals surface area (Å²) < 4.78 is 31.0. The highest BCUT2D eigenvalue weighted by molar-refractivity contribution is 7.87. The van der Waals surface area contributed by atoms with Gasteiger partial charge in [-0.05, 0) is 0 Å². The number of hydrogen-bond acceptors (Lipinski definition) is 3. The van der Waals surface area contributed by atoms with Gasteiger partial charge in [-0.2, -0.15) is 8.42 Å². The lowest BCUT2D eigenvalue weighted by Gasteiger charge is -1.88. The lowest BCUT2D eigenvalue weighted by atomic mass is 10.4. The molecule has 0 amide bonds. The predicted molar refractivity (Wildman–Crippen MR) is 30.2 cm³/mol. The van der Waals surface area contributed by atoms with E-state index in [0.29, 0.717) is 0 Å². The molecule has 0 bridgehead atoms. The monoisotopic (exact) mass is 154 g/mol. The topological polar surface area (TPSA) is 51.2 Å². The Morgan fingerprint density at radius 1 is 1.56 bits per heavy atom. The van der Waals surface area contributed by atoms with Crippen LogP contribution < -0.4 is 0 Å². The minimum atomic E-state index is -4.58. The number of ketones is 1. The van der Waals surface area contributed by atoms with Gasteiger partial charge in [0.15, 0.2) is 0 Å². The molecule has 0 aromatic rings. The molecule has 3 nitrogen and oxygen atoms in total. The minimum Gasteiger partial charge on any atom is -0.298 e. The maximum absolute atomic E-state index is 11.6. The van der Waals surface area contributed by atoms with E-state index in [1.54, 1.807) is 0 Å². The van der Waals surface area contributed by atoms with E-state index >= 15 is 0 Å². The van der Waals surface area contributed by atoms with E-state index < -0.39 is 21.8 Å². The molecule has 0 aliphatic carbocycles. The van der Waals surface area contributed by atoms with E-state index in [2.05, 4.69) is 0 Å². The highest BCUT2D eigenvalue weighted by Crippen LogP contribution is 1.92. The summed E-state index contributed by atoms with van der Waals surface area (Å²) in [5, 5.41) is 0. The first-order valence-corrected chi connectivity index (χ1v) is 3.95. The Balaban J connectivity index is 3.91. The summed E-state index contributed by atoms with van der Waals surface area (Å²) in [5.41, 5.74) is 0. The molecule has 0 radical (unpaired) electrons. The van der Waals surface area contributed by atoms with Crippen LogP contribution in [0.2, 0.25) is 0 Å². The average molecular weight is 154 g/mol. The summed E-state index contributed by atoms with van der Waals surface area (Å²) in [7, 11) is -4.58. The number of Topliss-reactive ketones (excluding diaryl/α,β-unsaturated/α-hetero) is 1. The quantitative estimate of drug-likeness (QED) is 0.548. The molecule has 0 aliphatic heterocycles. The Morgan fingerprint density at radius 2 is 2.00 bits per heavy atom. The average Bonchev–Trinajstić information content (AvgIpc) is 1.62. The number of halogens is 1. The number of carbonyl (C=O) groups excluding carboxylic acids is 1. The van der Waals surface area contributed by atoms with Crippen LogP contribution in [0, 0.1) is 0 Å². The van der Waals surface area contributed by atoms with E-state index in [-0.39, 0.29) is 6.42 Å². The standard InChI is InChI=1S/C4H7FO3S/c1-2-4(6)3-9(5,7)8/h2-3H2,1H3. The first kappa shape index (κ1) is 8.55. The molecule has 5 heteroatoms. The fraction of sp³-hybridized carbons (Fsp3) is 0.750. The van der Waals surface area contributed by atoms with Gasteiger partial charge in [-0.15, -0.1) is 3.89 Å². The van der Waals surface area contributed by atoms with Gasteiger partial charge in [-0.3, -0.25) is 4.79 Å². The van der Waals surface area contributed by atoms with Crippen molar-refractivity contribution in [1.82, 2.24) is 0 Å². The summed E-state index contributed by atoms with van der Waals surface area (Å²) in [6.07, 6.45) is 0.0587. The Bertz CT molecular complexity index is 194. The smallest absolute Gasteiger partial charge is 0.298 e. The normalized spacial score (nSPS) is 11.3. The SMILES string of the molecule is CCC(=O)CS(=O)(=O)F. The van der Waals surface area contributed by atoms with E-state index in [4.69, 9.17) is 0 Å². The van der Waals surface area contributed by atoms with Gasteiger partial charge < -0.3 is 0 Å². The van der Waals surface area contributed by atoms with Gasteiger partial charge in [-0.25, -0.2) is 0 Å². The van der Waals surface area contributed by atoms with E-state index in [9.17, 15) is 17.1 Å². The Morgan fingerprint density at radius 3 is 2.11 bits per heavy atom. The van der Waals surface area contributed by atoms with Crippen molar-refractivity contribution in [3.8, 4) is 0 Å². The Labute approximate surface area is 53.1 Å². The van der Waals surface area contributed by atoms with Crippen molar-refractivity contribution in [2.45, 2.75) is 13.3 Å². The van der Waals surface area contributed by atoms with E-state index in [0.717, 1.165) is 0 Å². The molecule has 54 valence electrons. The van der Waals surface area contributed by atoms with Crippen LogP contribution in [0.25, 0.3) is 0 Å². The first-order valence-electron chi connectivity index (χ1n) is 2.39. The van der Waals surface area contributed by atoms with Gasteiger partial charge >= 0.3 is 10.2 Å². The molecule has 0 unspecified atom stereocenters. The molecule has 0 atom stereocenters. The molecular weight excluding hydrogens is 147 g/mol. The molecule has 0 spiro atoms. The third-order valence-electron chi connectivity index (χ3n) is 0.728. The zero-order chi connectivity index (χ0) is 7.49. The van der Waals surface area contributed by atoms with Crippen molar-refractivity contribution in [2.24, 2.45) is 0 Å². The van der Waals surface area contributed by atoms with Crippen LogP contribution in [0.4, 0.5) is 3.89 Å². The van der Waals surface area contributed by atoms with Crippen molar-refractivity contribution in [3.05, 3.63) is 0 Å². The molecule has 0 saturated carbocycles. The van der Waals surface area contributed by atoms with Crippen molar-refractivity contribution >= 4 is 16.0 Å². The molecule has 0 fully saturated rings. The summed E-state index contributed by atoms with van der Waals surface area (Å²) in [4.78, 5) is 10.2. The van der Waals surface area contributed by atoms with Crippen LogP contribution in [-0.2, 0) is 15.0 Å². The molecule has 0 aliphatic rings. The highest BCUT2D eigenvalue weighted by atomic mass is 32.3. The second-order valence-corrected chi connectivity index (χ2v) is 2.94. The van der Waals surface area contributed by atoms with E-state index in [1.165, 1.54) is 6.92 Å². The summed E-state index contributed by atoms with van der Waals surface area (Å²) >= 11 is 0. The predicted octanol–water partition coefficient (Wildman–Crippen LogP) is 0.265. The number of carbonyl (C=O) groups is 1. The fourth-order valence-electron chi connectivity index (χ4n) is 0.294.